The number of aromatic nitrogens is 3. The minimum Gasteiger partial charge on any atom is -0.508 e. The number of aromatic amines is 1. The van der Waals surface area contributed by atoms with Gasteiger partial charge in [-0.15, -0.1) is 0 Å². The number of likely N-dealkylation sites (N-methyl/N-ethyl adjacent to an activating group) is 3. The van der Waals surface area contributed by atoms with Crippen molar-refractivity contribution in [2.75, 3.05) is 121 Å². The van der Waals surface area contributed by atoms with Crippen LogP contribution < -0.4 is 21.1 Å². The van der Waals surface area contributed by atoms with Crippen LogP contribution in [0.25, 0.3) is 32.7 Å². The van der Waals surface area contributed by atoms with Crippen molar-refractivity contribution >= 4 is 67.5 Å². The highest BCUT2D eigenvalue weighted by atomic mass is 35.5. The van der Waals surface area contributed by atoms with Crippen molar-refractivity contribution in [3.8, 4) is 11.5 Å². The van der Waals surface area contributed by atoms with Crippen molar-refractivity contribution in [1.29, 1.82) is 0 Å². The molecule has 21 heteroatoms. The van der Waals surface area contributed by atoms with Crippen LogP contribution in [0, 0.1) is 59.5 Å². The third-order valence-corrected chi connectivity index (χ3v) is 24.1. The van der Waals surface area contributed by atoms with Gasteiger partial charge in [-0.1, -0.05) is 63.3 Å². The number of aryl methyl sites for hydroxylation is 2. The smallest absolute Gasteiger partial charge is 0.409 e. The summed E-state index contributed by atoms with van der Waals surface area (Å²) in [4.78, 5) is 65.3. The van der Waals surface area contributed by atoms with E-state index in [1.54, 1.807) is 17.3 Å². The number of carbonyl (C=O) groups excluding carboxylic acids is 3. The van der Waals surface area contributed by atoms with Gasteiger partial charge < -0.3 is 45.9 Å². The molecule has 4 aromatic carbocycles. The number of halogens is 1. The van der Waals surface area contributed by atoms with Crippen molar-refractivity contribution in [2.24, 2.45) is 41.2 Å². The average Bonchev–Trinajstić information content (AvgIpc) is 1.60. The van der Waals surface area contributed by atoms with Crippen LogP contribution in [0.4, 0.5) is 20.1 Å². The fourth-order valence-corrected chi connectivity index (χ4v) is 20.1. The third kappa shape index (κ3) is 15.7. The van der Waals surface area contributed by atoms with Gasteiger partial charge in [0.2, 0.25) is 0 Å². The van der Waals surface area contributed by atoms with Gasteiger partial charge >= 0.3 is 17.5 Å². The zero-order valence-electron chi connectivity index (χ0n) is 61.8. The second-order valence-electron chi connectivity index (χ2n) is 31.5. The molecule has 101 heavy (non-hydrogen) atoms. The highest BCUT2D eigenvalue weighted by Gasteiger charge is 2.53. The van der Waals surface area contributed by atoms with E-state index in [0.717, 1.165) is 110 Å². The molecule has 15 atom stereocenters. The molecule has 12 aliphatic rings. The number of phenols is 1. The maximum atomic E-state index is 13.5. The van der Waals surface area contributed by atoms with E-state index in [9.17, 15) is 29.6 Å². The van der Waals surface area contributed by atoms with Gasteiger partial charge in [-0.25, -0.2) is 14.4 Å². The Morgan fingerprint density at radius 2 is 1.03 bits per heavy atom. The normalized spacial score (nSPS) is 27.4. The Bertz CT molecular complexity index is 3930. The first-order valence-corrected chi connectivity index (χ1v) is 38.1. The van der Waals surface area contributed by atoms with Gasteiger partial charge in [-0.2, -0.15) is 0 Å². The average molecular weight is 1400 g/mol. The van der Waals surface area contributed by atoms with Gasteiger partial charge in [0.1, 0.15) is 11.5 Å². The maximum Gasteiger partial charge on any atom is 0.409 e. The van der Waals surface area contributed by atoms with Gasteiger partial charge in [0, 0.05) is 177 Å². The van der Waals surface area contributed by atoms with Crippen LogP contribution >= 0.6 is 11.6 Å². The Morgan fingerprint density at radius 1 is 0.594 bits per heavy atom. The van der Waals surface area contributed by atoms with E-state index in [4.69, 9.17) is 17.3 Å². The van der Waals surface area contributed by atoms with Gasteiger partial charge in [-0.3, -0.25) is 33.9 Å². The summed E-state index contributed by atoms with van der Waals surface area (Å²) in [5, 5.41) is 30.6. The van der Waals surface area contributed by atoms with E-state index in [1.165, 1.54) is 165 Å². The number of aromatic hydroxyl groups is 1. The molecule has 0 spiro atoms. The molecule has 7 aromatic rings. The van der Waals surface area contributed by atoms with Crippen LogP contribution in [0.1, 0.15) is 141 Å². The number of phenolic OH excluding ortho intramolecular Hbond substituents is 1. The summed E-state index contributed by atoms with van der Waals surface area (Å²) in [5.74, 6) is 6.90. The van der Waals surface area contributed by atoms with Crippen LogP contribution in [0.5, 0.6) is 11.5 Å². The number of fused-ring (bicyclic) bond motifs is 12. The Hall–Kier alpha value is -6.88. The lowest BCUT2D eigenvalue weighted by Gasteiger charge is -2.53. The summed E-state index contributed by atoms with van der Waals surface area (Å²) in [6.45, 7) is 23.4. The van der Waals surface area contributed by atoms with Gasteiger partial charge in [0.25, 0.3) is 5.69 Å². The van der Waals surface area contributed by atoms with Crippen molar-refractivity contribution in [1.82, 2.24) is 54.2 Å². The second-order valence-corrected chi connectivity index (χ2v) is 31.8. The molecule has 9 aliphatic heterocycles. The zero-order valence-corrected chi connectivity index (χ0v) is 62.5. The number of H-pyrrole nitrogens is 1. The number of nitrogens with zero attached hydrogens (tertiary/aromatic N) is 9. The molecule has 3 aromatic heterocycles. The van der Waals surface area contributed by atoms with Crippen molar-refractivity contribution < 1.29 is 29.2 Å². The Kier molecular flexibility index (Phi) is 23.4. The molecule has 20 nitrogen and oxygen atoms in total. The number of benzene rings is 4. The maximum absolute atomic E-state index is 13.5. The lowest BCUT2D eigenvalue weighted by molar-refractivity contribution is -0.384. The number of nitrogens with two attached hydrogens (primary N) is 1. The van der Waals surface area contributed by atoms with Gasteiger partial charge in [0.05, 0.1) is 16.0 Å². The van der Waals surface area contributed by atoms with Crippen LogP contribution in [-0.4, -0.2) is 210 Å². The van der Waals surface area contributed by atoms with Crippen LogP contribution in [-0.2, 0) is 19.3 Å². The van der Waals surface area contributed by atoms with Crippen molar-refractivity contribution in [2.45, 2.75) is 148 Å². The van der Waals surface area contributed by atoms with Gasteiger partial charge in [0.15, 0.2) is 0 Å². The van der Waals surface area contributed by atoms with Crippen molar-refractivity contribution in [3.63, 3.8) is 0 Å². The monoisotopic (exact) mass is 1400 g/mol. The largest absolute Gasteiger partial charge is 0.508 e. The van der Waals surface area contributed by atoms with Crippen LogP contribution in [0.15, 0.2) is 78.9 Å². The minimum absolute atomic E-state index is 0.0308. The summed E-state index contributed by atoms with van der Waals surface area (Å²) < 4.78 is 8.48. The fourth-order valence-electron chi connectivity index (χ4n) is 20.0. The minimum atomic E-state index is -0.978. The molecule has 12 bridgehead atoms. The molecule has 9 fully saturated rings. The standard InChI is InChI=1S/C25H36N4O.C24H34N4O2.C20H26N2.C7H4ClNO4.C4H12N2/c1-5-18-13-17-14-21-23(18)28(15-17)10-8-19-20-12-16(2)6-7-22(20)29(24(19)21)25(30)26-9-11-27(3)4;1-4-16-11-15-12-20-22(16)27(14-15)9-7-18-19-13-17(29)5-6-21(19)28(23(18)20)24(30)25-8-10-26(2)3;1-3-14-9-13-10-17-19-15(6-7-22(11-13)20(14)17)16-8-12(2)4-5-18(16)21-19;8-7(10)13-6-3-1-5(2-4-6)9(11)12;1-6(2)4-3-5/h6-7,12,17-18,21,23H,5,8-11,13-15H2,1-4H3,(H,26,30);5-6,13,15-16,20,22,29H,4,7-12,14H2,1-3H3,(H,25,30);4-5,8,13-14,17,20-21H,3,6-7,9-11H2,1-2H3;1-4H;3-5H2,1-2H3/t17-,18-,21+,23?;15-,16-,20+,22?;13-,14-,17-,20?;;/m000../s1. The number of rotatable bonds is 13. The molecule has 6 N–H and O–H groups in total. The SMILES string of the molecule is CC[C@H]1C[C@H]2C[C@H]3c4[nH]c5ccc(C)cc5c4CCN(C2)C13.CC[C@H]1C[C@H]2C[C@H]3c4c(c5cc(C)ccc5n4C(=O)NCCN(C)C)CCN(C2)C13.CC[C@H]1C[C@H]2C[C@H]3c4c(c5cc(O)ccc5n4C(=O)NCCN(C)C)CCN(C2)C13.CN(C)CCN.O=C(Cl)Oc1ccc([N+](=O)[O-])cc1. The molecule has 0 radical (unpaired) electrons. The number of hydrogen-bond acceptors (Lipinski definition) is 14. The number of ether oxygens (including phenoxy) is 1. The van der Waals surface area contributed by atoms with E-state index >= 15 is 0 Å². The van der Waals surface area contributed by atoms with E-state index in [0.29, 0.717) is 42.9 Å². The molecule has 6 unspecified atom stereocenters. The predicted molar refractivity (Wildman–Crippen MR) is 406 cm³/mol. The molecule has 19 rings (SSSR count). The molecule has 6 saturated heterocycles. The lowest BCUT2D eigenvalue weighted by Crippen LogP contribution is -2.56. The molecule has 12 heterocycles. The summed E-state index contributed by atoms with van der Waals surface area (Å²) in [6.07, 6.45) is 15.1. The summed E-state index contributed by atoms with van der Waals surface area (Å²) in [5.41, 5.74) is 18.7. The molecule has 2 amide bonds. The Labute approximate surface area is 602 Å². The number of nitrogens with one attached hydrogen (secondary N) is 3. The van der Waals surface area contributed by atoms with E-state index in [1.807, 2.05) is 59.0 Å². The third-order valence-electron chi connectivity index (χ3n) is 24.0. The summed E-state index contributed by atoms with van der Waals surface area (Å²) >= 11 is 4.92. The van der Waals surface area contributed by atoms with Gasteiger partial charge in [-0.05, 0) is 221 Å². The lowest BCUT2D eigenvalue weighted by atomic mass is 9.65. The van der Waals surface area contributed by atoms with Crippen molar-refractivity contribution in [3.05, 3.63) is 134 Å². The highest BCUT2D eigenvalue weighted by Crippen LogP contribution is 2.55. The quantitative estimate of drug-likeness (QED) is 0.0412. The summed E-state index contributed by atoms with van der Waals surface area (Å²) in [7, 11) is 12.1. The Morgan fingerprint density at radius 3 is 1.48 bits per heavy atom. The summed E-state index contributed by atoms with van der Waals surface area (Å²) in [6, 6.07) is 26.0. The number of amides is 2. The second kappa shape index (κ2) is 32.0. The number of nitro benzene ring substituents is 1. The number of non-ortho nitro benzene ring substituents is 1. The van der Waals surface area contributed by atoms with E-state index < -0.39 is 10.4 Å². The predicted octanol–water partition coefficient (Wildman–Crippen LogP) is 13.1. The number of hydrogen-bond donors (Lipinski definition) is 5. The van der Waals surface area contributed by atoms with Crippen LogP contribution in [0.2, 0.25) is 0 Å². The first kappa shape index (κ1) is 73.9. The number of nitro groups is 1. The molecule has 3 saturated carbocycles. The topological polar surface area (TPSA) is 219 Å². The first-order chi connectivity index (χ1) is 48.6. The highest BCUT2D eigenvalue weighted by molar-refractivity contribution is 6.61. The fraction of sp³-hybridized carbons (Fsp3) is 0.588. The number of piperidine rings is 6. The zero-order chi connectivity index (χ0) is 71.7. The molecular formula is C80H112ClN13O7. The Balaban J connectivity index is 0.000000128. The molecule has 3 aliphatic carbocycles. The first-order valence-electron chi connectivity index (χ1n) is 37.7. The molecule has 546 valence electrons. The van der Waals surface area contributed by atoms with E-state index in [-0.39, 0.29) is 29.2 Å². The van der Waals surface area contributed by atoms with Crippen LogP contribution in [0.3, 0.4) is 0 Å². The van der Waals surface area contributed by atoms with E-state index in [2.05, 4.69) is 125 Å². The number of carbonyl (C=O) groups is 3. The molecular weight excluding hydrogens is 1290 g/mol.